The number of benzene rings is 2. The number of carbonyl (C=O) groups excluding carboxylic acids is 2. The van der Waals surface area contributed by atoms with E-state index in [4.69, 9.17) is 0 Å². The number of aryl methyl sites for hydroxylation is 3. The Hall–Kier alpha value is -2.27. The molecule has 0 saturated carbocycles. The second kappa shape index (κ2) is 7.54. The third kappa shape index (κ3) is 3.93. The fraction of sp³-hybridized carbons (Fsp3) is 0.333. The van der Waals surface area contributed by atoms with Crippen molar-refractivity contribution in [3.8, 4) is 0 Å². The smallest absolute Gasteiger partial charge is 0.243 e. The number of fused-ring (bicyclic) bond motifs is 1. The van der Waals surface area contributed by atoms with Crippen molar-refractivity contribution in [1.29, 1.82) is 0 Å². The molecule has 2 aromatic rings. The van der Waals surface area contributed by atoms with Crippen LogP contribution >= 0.6 is 11.8 Å². The van der Waals surface area contributed by atoms with Gasteiger partial charge in [-0.15, -0.1) is 11.8 Å². The van der Waals surface area contributed by atoms with Gasteiger partial charge in [-0.25, -0.2) is 0 Å². The number of nitrogens with zero attached hydrogens (tertiary/aromatic N) is 1. The molecule has 5 heteroatoms. The molecule has 1 unspecified atom stereocenters. The average Bonchev–Trinajstić information content (AvgIpc) is 3.01. The first-order valence-electron chi connectivity index (χ1n) is 8.72. The minimum Gasteiger partial charge on any atom is -0.335 e. The summed E-state index contributed by atoms with van der Waals surface area (Å²) in [5, 5.41) is 2.81. The van der Waals surface area contributed by atoms with Crippen molar-refractivity contribution in [3.05, 3.63) is 58.7 Å². The van der Waals surface area contributed by atoms with Crippen molar-refractivity contribution in [2.24, 2.45) is 0 Å². The van der Waals surface area contributed by atoms with Gasteiger partial charge in [-0.2, -0.15) is 0 Å². The summed E-state index contributed by atoms with van der Waals surface area (Å²) >= 11 is 1.59. The number of carbonyl (C=O) groups is 2. The third-order valence-corrected chi connectivity index (χ3v) is 5.93. The molecule has 1 atom stereocenters. The van der Waals surface area contributed by atoms with Gasteiger partial charge in [0, 0.05) is 17.6 Å². The number of likely N-dealkylation sites (N-methyl/N-ethyl adjacent to an activating group) is 1. The lowest BCUT2D eigenvalue weighted by atomic mass is 10.1. The van der Waals surface area contributed by atoms with Crippen molar-refractivity contribution in [2.75, 3.05) is 18.9 Å². The molecule has 1 heterocycles. The van der Waals surface area contributed by atoms with Crippen LogP contribution in [0.15, 0.2) is 41.3 Å². The van der Waals surface area contributed by atoms with E-state index in [1.165, 1.54) is 16.0 Å². The SMILES string of the molecule is Cc1cc(C)c(NC(=O)CN(C)C(=O)C2Cc3ccccc3S2)c(C)c1. The molecule has 1 N–H and O–H groups in total. The Balaban J connectivity index is 1.61. The second-order valence-electron chi connectivity index (χ2n) is 6.93. The van der Waals surface area contributed by atoms with Crippen LogP contribution < -0.4 is 5.32 Å². The van der Waals surface area contributed by atoms with Crippen LogP contribution in [0.3, 0.4) is 0 Å². The summed E-state index contributed by atoms with van der Waals surface area (Å²) in [4.78, 5) is 27.8. The van der Waals surface area contributed by atoms with Crippen LogP contribution in [0.25, 0.3) is 0 Å². The molecule has 0 radical (unpaired) electrons. The first-order valence-corrected chi connectivity index (χ1v) is 9.60. The van der Waals surface area contributed by atoms with Crippen molar-refractivity contribution < 1.29 is 9.59 Å². The summed E-state index contributed by atoms with van der Waals surface area (Å²) < 4.78 is 0. The summed E-state index contributed by atoms with van der Waals surface area (Å²) in [6, 6.07) is 12.2. The van der Waals surface area contributed by atoms with Gasteiger partial charge in [0.25, 0.3) is 0 Å². The predicted molar refractivity (Wildman–Crippen MR) is 107 cm³/mol. The average molecular weight is 369 g/mol. The molecule has 136 valence electrons. The largest absolute Gasteiger partial charge is 0.335 e. The maximum absolute atomic E-state index is 12.7. The minimum absolute atomic E-state index is 0.00120. The first-order chi connectivity index (χ1) is 12.3. The Bertz CT molecular complexity index is 815. The monoisotopic (exact) mass is 368 g/mol. The summed E-state index contributed by atoms with van der Waals surface area (Å²) in [6.45, 7) is 6.06. The lowest BCUT2D eigenvalue weighted by molar-refractivity contribution is -0.132. The molecule has 0 fully saturated rings. The number of hydrogen-bond acceptors (Lipinski definition) is 3. The van der Waals surface area contributed by atoms with Crippen LogP contribution in [0.4, 0.5) is 5.69 Å². The lowest BCUT2D eigenvalue weighted by Crippen LogP contribution is -2.39. The number of hydrogen-bond donors (Lipinski definition) is 1. The summed E-state index contributed by atoms with van der Waals surface area (Å²) in [5.74, 6) is -0.171. The Morgan fingerprint density at radius 3 is 2.46 bits per heavy atom. The quantitative estimate of drug-likeness (QED) is 0.895. The molecule has 0 aromatic heterocycles. The first kappa shape index (κ1) is 18.5. The van der Waals surface area contributed by atoms with Gasteiger partial charge in [-0.3, -0.25) is 9.59 Å². The number of rotatable bonds is 4. The molecule has 0 spiro atoms. The third-order valence-electron chi connectivity index (χ3n) is 4.62. The highest BCUT2D eigenvalue weighted by Gasteiger charge is 2.30. The van der Waals surface area contributed by atoms with E-state index in [2.05, 4.69) is 11.4 Å². The van der Waals surface area contributed by atoms with E-state index in [0.29, 0.717) is 0 Å². The molecule has 4 nitrogen and oxygen atoms in total. The standard InChI is InChI=1S/C21H24N2O2S/c1-13-9-14(2)20(15(3)10-13)22-19(24)12-23(4)21(25)18-11-16-7-5-6-8-17(16)26-18/h5-10,18H,11-12H2,1-4H3,(H,22,24). The molecule has 2 aromatic carbocycles. The van der Waals surface area contributed by atoms with Crippen LogP contribution in [0, 0.1) is 20.8 Å². The molecular formula is C21H24N2O2S. The van der Waals surface area contributed by atoms with E-state index < -0.39 is 0 Å². The van der Waals surface area contributed by atoms with Gasteiger partial charge in [0.15, 0.2) is 0 Å². The van der Waals surface area contributed by atoms with Crippen LogP contribution in [0.1, 0.15) is 22.3 Å². The van der Waals surface area contributed by atoms with Gasteiger partial charge in [0.1, 0.15) is 0 Å². The van der Waals surface area contributed by atoms with E-state index >= 15 is 0 Å². The van der Waals surface area contributed by atoms with Gasteiger partial charge < -0.3 is 10.2 Å². The number of anilines is 1. The van der Waals surface area contributed by atoms with Gasteiger partial charge in [-0.05, 0) is 49.9 Å². The number of thioether (sulfide) groups is 1. The highest BCUT2D eigenvalue weighted by molar-refractivity contribution is 8.01. The molecule has 1 aliphatic heterocycles. The zero-order valence-electron chi connectivity index (χ0n) is 15.6. The Labute approximate surface area is 159 Å². The maximum atomic E-state index is 12.7. The van der Waals surface area contributed by atoms with Crippen LogP contribution in [0.2, 0.25) is 0 Å². The zero-order chi connectivity index (χ0) is 18.8. The zero-order valence-corrected chi connectivity index (χ0v) is 16.4. The topological polar surface area (TPSA) is 49.4 Å². The Kier molecular flexibility index (Phi) is 5.37. The van der Waals surface area contributed by atoms with Crippen LogP contribution in [-0.4, -0.2) is 35.6 Å². The molecule has 2 amide bonds. The van der Waals surface area contributed by atoms with Crippen molar-refractivity contribution >= 4 is 29.3 Å². The van der Waals surface area contributed by atoms with Crippen molar-refractivity contribution in [2.45, 2.75) is 37.3 Å². The minimum atomic E-state index is -0.170. The van der Waals surface area contributed by atoms with Gasteiger partial charge in [-0.1, -0.05) is 35.9 Å². The molecule has 0 bridgehead atoms. The van der Waals surface area contributed by atoms with E-state index in [1.54, 1.807) is 18.8 Å². The van der Waals surface area contributed by atoms with Crippen molar-refractivity contribution in [3.63, 3.8) is 0 Å². The Morgan fingerprint density at radius 1 is 1.15 bits per heavy atom. The fourth-order valence-corrected chi connectivity index (χ4v) is 4.73. The van der Waals surface area contributed by atoms with Crippen LogP contribution in [-0.2, 0) is 16.0 Å². The normalized spacial score (nSPS) is 15.5. The van der Waals surface area contributed by atoms with E-state index in [9.17, 15) is 9.59 Å². The summed E-state index contributed by atoms with van der Waals surface area (Å²) in [7, 11) is 1.69. The molecule has 0 aliphatic carbocycles. The van der Waals surface area contributed by atoms with E-state index in [-0.39, 0.29) is 23.6 Å². The molecular weight excluding hydrogens is 344 g/mol. The lowest BCUT2D eigenvalue weighted by Gasteiger charge is -2.21. The van der Waals surface area contributed by atoms with E-state index in [0.717, 1.165) is 28.1 Å². The second-order valence-corrected chi connectivity index (χ2v) is 8.18. The highest BCUT2D eigenvalue weighted by Crippen LogP contribution is 2.37. The van der Waals surface area contributed by atoms with Gasteiger partial charge in [0.05, 0.1) is 11.8 Å². The number of nitrogens with one attached hydrogen (secondary N) is 1. The predicted octanol–water partition coefficient (Wildman–Crippen LogP) is 3.73. The number of amides is 2. The van der Waals surface area contributed by atoms with Gasteiger partial charge in [0.2, 0.25) is 11.8 Å². The maximum Gasteiger partial charge on any atom is 0.243 e. The Morgan fingerprint density at radius 2 is 1.81 bits per heavy atom. The summed E-state index contributed by atoms with van der Waals surface area (Å²) in [6.07, 6.45) is 0.724. The molecule has 3 rings (SSSR count). The van der Waals surface area contributed by atoms with Crippen molar-refractivity contribution in [1.82, 2.24) is 4.90 Å². The fourth-order valence-electron chi connectivity index (χ4n) is 3.42. The molecule has 26 heavy (non-hydrogen) atoms. The molecule has 1 aliphatic rings. The summed E-state index contributed by atoms with van der Waals surface area (Å²) in [5.41, 5.74) is 5.28. The van der Waals surface area contributed by atoms with Crippen LogP contribution in [0.5, 0.6) is 0 Å². The van der Waals surface area contributed by atoms with Gasteiger partial charge >= 0.3 is 0 Å². The highest BCUT2D eigenvalue weighted by atomic mass is 32.2. The molecule has 0 saturated heterocycles. The van der Waals surface area contributed by atoms with E-state index in [1.807, 2.05) is 51.1 Å².